The molecule has 2 atom stereocenters. The molecule has 3 aromatic rings. The summed E-state index contributed by atoms with van der Waals surface area (Å²) in [4.78, 5) is 54.0. The van der Waals surface area contributed by atoms with Crippen molar-refractivity contribution >= 4 is 34.5 Å². The summed E-state index contributed by atoms with van der Waals surface area (Å²) in [6.07, 6.45) is 2.33. The van der Waals surface area contributed by atoms with Gasteiger partial charge in [-0.05, 0) is 17.2 Å². The quantitative estimate of drug-likeness (QED) is 0.388. The van der Waals surface area contributed by atoms with Crippen LogP contribution < -0.4 is 21.3 Å². The third-order valence-corrected chi connectivity index (χ3v) is 5.76. The van der Waals surface area contributed by atoms with Crippen LogP contribution in [0.3, 0.4) is 0 Å². The number of para-hydroxylation sites is 1. The van der Waals surface area contributed by atoms with Crippen molar-refractivity contribution in [3.63, 3.8) is 0 Å². The number of nitrogens with one attached hydrogen (secondary N) is 5. The summed E-state index contributed by atoms with van der Waals surface area (Å²) >= 11 is 0. The summed E-state index contributed by atoms with van der Waals surface area (Å²) in [7, 11) is 0. The van der Waals surface area contributed by atoms with E-state index in [0.717, 1.165) is 22.0 Å². The molecule has 9 heteroatoms. The Hall–Kier alpha value is -4.14. The molecule has 0 spiro atoms. The number of H-pyrrole nitrogens is 1. The standard InChI is InChI=1S/C25H27N5O4/c31-22-10-11-26-23(32)15-28-24(33)20(12-16-6-2-1-3-7-16)30-25(34)21(29-22)13-17-14-27-19-9-5-4-8-18(17)19/h1-9,14,20-21,27H,10-13,15H2,(H,26,32)(H,28,33)(H,29,31)(H,30,34)/t20-,21+/m0/s1. The van der Waals surface area contributed by atoms with Crippen LogP contribution in [0, 0.1) is 0 Å². The maximum absolute atomic E-state index is 13.3. The minimum atomic E-state index is -0.911. The second-order valence-corrected chi connectivity index (χ2v) is 8.25. The Morgan fingerprint density at radius 1 is 0.735 bits per heavy atom. The molecule has 2 heterocycles. The van der Waals surface area contributed by atoms with Gasteiger partial charge in [-0.15, -0.1) is 0 Å². The number of hydrogen-bond donors (Lipinski definition) is 5. The molecule has 1 saturated heterocycles. The molecule has 4 rings (SSSR count). The first-order chi connectivity index (χ1) is 16.5. The lowest BCUT2D eigenvalue weighted by Gasteiger charge is -2.23. The second kappa shape index (κ2) is 10.7. The number of aromatic amines is 1. The fourth-order valence-corrected chi connectivity index (χ4v) is 4.00. The highest BCUT2D eigenvalue weighted by molar-refractivity contribution is 5.94. The lowest BCUT2D eigenvalue weighted by atomic mass is 10.0. The summed E-state index contributed by atoms with van der Waals surface area (Å²) in [5.41, 5.74) is 2.66. The van der Waals surface area contributed by atoms with Crippen LogP contribution in [0.1, 0.15) is 17.5 Å². The molecule has 0 saturated carbocycles. The van der Waals surface area contributed by atoms with Crippen LogP contribution in [-0.4, -0.2) is 53.8 Å². The fourth-order valence-electron chi connectivity index (χ4n) is 4.00. The molecule has 1 aliphatic heterocycles. The lowest BCUT2D eigenvalue weighted by Crippen LogP contribution is -2.55. The number of carbonyl (C=O) groups excluding carboxylic acids is 4. The molecule has 1 aromatic heterocycles. The summed E-state index contributed by atoms with van der Waals surface area (Å²) < 4.78 is 0. The molecule has 34 heavy (non-hydrogen) atoms. The number of benzene rings is 2. The maximum Gasteiger partial charge on any atom is 0.243 e. The van der Waals surface area contributed by atoms with Crippen LogP contribution in [0.2, 0.25) is 0 Å². The summed E-state index contributed by atoms with van der Waals surface area (Å²) in [5.74, 6) is -1.70. The predicted octanol–water partition coefficient (Wildman–Crippen LogP) is 0.559. The molecule has 0 radical (unpaired) electrons. The summed E-state index contributed by atoms with van der Waals surface area (Å²) in [5, 5.41) is 11.7. The molecular formula is C25H27N5O4. The van der Waals surface area contributed by atoms with Crippen molar-refractivity contribution in [2.75, 3.05) is 13.1 Å². The normalized spacial score (nSPS) is 20.2. The Morgan fingerprint density at radius 3 is 2.29 bits per heavy atom. The first-order valence-corrected chi connectivity index (χ1v) is 11.2. The van der Waals surface area contributed by atoms with E-state index in [0.29, 0.717) is 0 Å². The van der Waals surface area contributed by atoms with E-state index in [1.807, 2.05) is 60.8 Å². The highest BCUT2D eigenvalue weighted by atomic mass is 16.2. The van der Waals surface area contributed by atoms with Crippen LogP contribution in [0.15, 0.2) is 60.8 Å². The van der Waals surface area contributed by atoms with Gasteiger partial charge in [0.2, 0.25) is 23.6 Å². The van der Waals surface area contributed by atoms with Crippen molar-refractivity contribution in [2.24, 2.45) is 0 Å². The van der Waals surface area contributed by atoms with Crippen molar-refractivity contribution in [3.05, 3.63) is 71.9 Å². The molecule has 0 unspecified atom stereocenters. The molecule has 0 aliphatic carbocycles. The van der Waals surface area contributed by atoms with Gasteiger partial charge in [0.15, 0.2) is 0 Å². The number of hydrogen-bond acceptors (Lipinski definition) is 4. The van der Waals surface area contributed by atoms with Gasteiger partial charge < -0.3 is 26.3 Å². The highest BCUT2D eigenvalue weighted by Crippen LogP contribution is 2.19. The SMILES string of the molecule is O=C1CNC(=O)[C@H](Cc2ccccc2)NC(=O)[C@@H](Cc2c[nH]c3ccccc23)NC(=O)CCN1. The van der Waals surface area contributed by atoms with Gasteiger partial charge in [0.25, 0.3) is 0 Å². The Morgan fingerprint density at radius 2 is 1.47 bits per heavy atom. The van der Waals surface area contributed by atoms with E-state index in [1.54, 1.807) is 0 Å². The minimum absolute atomic E-state index is 0.0186. The number of rotatable bonds is 4. The number of amides is 4. The Kier molecular flexibility index (Phi) is 7.22. The molecule has 2 aromatic carbocycles. The predicted molar refractivity (Wildman–Crippen MR) is 127 cm³/mol. The molecule has 0 bridgehead atoms. The van der Waals surface area contributed by atoms with Crippen LogP contribution in [0.4, 0.5) is 0 Å². The van der Waals surface area contributed by atoms with E-state index in [2.05, 4.69) is 26.3 Å². The van der Waals surface area contributed by atoms with Crippen LogP contribution >= 0.6 is 0 Å². The van der Waals surface area contributed by atoms with E-state index in [4.69, 9.17) is 0 Å². The van der Waals surface area contributed by atoms with Crippen LogP contribution in [0.25, 0.3) is 10.9 Å². The summed E-state index contributed by atoms with van der Waals surface area (Å²) in [6.45, 7) is -0.129. The van der Waals surface area contributed by atoms with E-state index >= 15 is 0 Å². The van der Waals surface area contributed by atoms with Crippen molar-refractivity contribution in [1.82, 2.24) is 26.3 Å². The van der Waals surface area contributed by atoms with Gasteiger partial charge in [-0.2, -0.15) is 0 Å². The number of fused-ring (bicyclic) bond motifs is 1. The lowest BCUT2D eigenvalue weighted by molar-refractivity contribution is -0.132. The monoisotopic (exact) mass is 461 g/mol. The average Bonchev–Trinajstić information content (AvgIpc) is 3.24. The Labute approximate surface area is 196 Å². The van der Waals surface area contributed by atoms with Crippen molar-refractivity contribution in [2.45, 2.75) is 31.3 Å². The van der Waals surface area contributed by atoms with E-state index in [-0.39, 0.29) is 38.3 Å². The third-order valence-electron chi connectivity index (χ3n) is 5.76. The van der Waals surface area contributed by atoms with Crippen molar-refractivity contribution < 1.29 is 19.2 Å². The number of aromatic nitrogens is 1. The second-order valence-electron chi connectivity index (χ2n) is 8.25. The first kappa shape index (κ1) is 23.0. The fraction of sp³-hybridized carbons (Fsp3) is 0.280. The summed E-state index contributed by atoms with van der Waals surface area (Å²) in [6, 6.07) is 15.2. The maximum atomic E-state index is 13.3. The molecule has 1 fully saturated rings. The van der Waals surface area contributed by atoms with Gasteiger partial charge in [-0.25, -0.2) is 0 Å². The van der Waals surface area contributed by atoms with Crippen molar-refractivity contribution in [3.8, 4) is 0 Å². The molecule has 9 nitrogen and oxygen atoms in total. The topological polar surface area (TPSA) is 132 Å². The Balaban J connectivity index is 1.60. The minimum Gasteiger partial charge on any atom is -0.361 e. The average molecular weight is 462 g/mol. The van der Waals surface area contributed by atoms with E-state index < -0.39 is 29.8 Å². The van der Waals surface area contributed by atoms with Gasteiger partial charge in [0.05, 0.1) is 6.54 Å². The number of carbonyl (C=O) groups is 4. The van der Waals surface area contributed by atoms with Gasteiger partial charge in [-0.1, -0.05) is 48.5 Å². The molecule has 176 valence electrons. The molecule has 1 aliphatic rings. The first-order valence-electron chi connectivity index (χ1n) is 11.2. The van der Waals surface area contributed by atoms with E-state index in [9.17, 15) is 19.2 Å². The zero-order valence-corrected chi connectivity index (χ0v) is 18.6. The largest absolute Gasteiger partial charge is 0.361 e. The third kappa shape index (κ3) is 5.80. The Bertz CT molecular complexity index is 1190. The highest BCUT2D eigenvalue weighted by Gasteiger charge is 2.28. The van der Waals surface area contributed by atoms with Crippen LogP contribution in [0.5, 0.6) is 0 Å². The van der Waals surface area contributed by atoms with Crippen molar-refractivity contribution in [1.29, 1.82) is 0 Å². The van der Waals surface area contributed by atoms with Gasteiger partial charge in [0.1, 0.15) is 12.1 Å². The molecule has 5 N–H and O–H groups in total. The smallest absolute Gasteiger partial charge is 0.243 e. The van der Waals surface area contributed by atoms with Crippen LogP contribution in [-0.2, 0) is 32.0 Å². The van der Waals surface area contributed by atoms with Gasteiger partial charge >= 0.3 is 0 Å². The zero-order valence-electron chi connectivity index (χ0n) is 18.6. The van der Waals surface area contributed by atoms with Gasteiger partial charge in [0, 0.05) is 42.9 Å². The molecular weight excluding hydrogens is 434 g/mol. The molecule has 4 amide bonds. The van der Waals surface area contributed by atoms with E-state index in [1.165, 1.54) is 0 Å². The van der Waals surface area contributed by atoms with Gasteiger partial charge in [-0.3, -0.25) is 19.2 Å². The zero-order chi connectivity index (χ0) is 23.9.